The molecule has 0 spiro atoms. The van der Waals surface area contributed by atoms with Crippen LogP contribution >= 0.6 is 0 Å². The summed E-state index contributed by atoms with van der Waals surface area (Å²) in [5, 5.41) is 0. The molecule has 1 heterocycles. The molecule has 12 heteroatoms. The summed E-state index contributed by atoms with van der Waals surface area (Å²) in [5.41, 5.74) is 0. The first-order valence-corrected chi connectivity index (χ1v) is 4.71. The van der Waals surface area contributed by atoms with Gasteiger partial charge in [0.05, 0.1) is 6.61 Å². The number of ether oxygens (including phenoxy) is 3. The van der Waals surface area contributed by atoms with E-state index in [0.717, 1.165) is 0 Å². The molecule has 3 nitrogen and oxygen atoms in total. The summed E-state index contributed by atoms with van der Waals surface area (Å²) in [7, 11) is 0. The molecule has 0 aromatic heterocycles. The van der Waals surface area contributed by atoms with Crippen molar-refractivity contribution in [1.29, 1.82) is 0 Å². The average Bonchev–Trinajstić information content (AvgIpc) is 2.25. The fourth-order valence-electron chi connectivity index (χ4n) is 1.20. The minimum atomic E-state index is -5.30. The zero-order valence-corrected chi connectivity index (χ0v) is 9.07. The molecule has 1 rings (SSSR count). The van der Waals surface area contributed by atoms with Gasteiger partial charge in [-0.3, -0.25) is 0 Å². The van der Waals surface area contributed by atoms with Crippen LogP contribution in [-0.4, -0.2) is 37.5 Å². The molecule has 0 aliphatic carbocycles. The predicted molar refractivity (Wildman–Crippen MR) is 41.9 cm³/mol. The molecule has 0 N–H and O–H groups in total. The molecule has 0 amide bonds. The second-order valence-electron chi connectivity index (χ2n) is 3.48. The summed E-state index contributed by atoms with van der Waals surface area (Å²) >= 11 is 0. The van der Waals surface area contributed by atoms with E-state index >= 15 is 0 Å². The molecule has 1 aliphatic heterocycles. The van der Waals surface area contributed by atoms with Crippen molar-refractivity contribution in [1.82, 2.24) is 0 Å². The van der Waals surface area contributed by atoms with E-state index < -0.39 is 49.6 Å². The summed E-state index contributed by atoms with van der Waals surface area (Å²) in [6, 6.07) is -2.78. The molecule has 0 aromatic carbocycles. The molecule has 1 fully saturated rings. The van der Waals surface area contributed by atoms with E-state index in [9.17, 15) is 39.5 Å². The highest BCUT2D eigenvalue weighted by atomic mass is 19.4. The number of halogens is 9. The van der Waals surface area contributed by atoms with Gasteiger partial charge in [0.25, 0.3) is 0 Å². The summed E-state index contributed by atoms with van der Waals surface area (Å²) in [4.78, 5) is 0. The highest BCUT2D eigenvalue weighted by Gasteiger charge is 2.56. The fourth-order valence-corrected chi connectivity index (χ4v) is 1.20. The van der Waals surface area contributed by atoms with Crippen molar-refractivity contribution < 1.29 is 53.7 Å². The summed E-state index contributed by atoms with van der Waals surface area (Å²) in [6.07, 6.45) is -22.6. The highest BCUT2D eigenvalue weighted by molar-refractivity contribution is 4.87. The van der Waals surface area contributed by atoms with E-state index in [1.807, 2.05) is 0 Å². The Hall–Kier alpha value is -1.17. The first-order valence-electron chi connectivity index (χ1n) is 4.71. The Morgan fingerprint density at radius 1 is 0.950 bits per heavy atom. The van der Waals surface area contributed by atoms with E-state index in [-0.39, 0.29) is 0 Å². The molecule has 0 saturated carbocycles. The fraction of sp³-hybridized carbons (Fsp3) is 0.750. The van der Waals surface area contributed by atoms with Gasteiger partial charge in [-0.2, -0.15) is 39.5 Å². The number of alkyl halides is 6. The zero-order chi connectivity index (χ0) is 15.7. The van der Waals surface area contributed by atoms with Crippen LogP contribution in [0.5, 0.6) is 0 Å². The Labute approximate surface area is 104 Å². The molecular weight excluding hydrogens is 315 g/mol. The molecule has 118 valence electrons. The van der Waals surface area contributed by atoms with Crippen LogP contribution in [0.2, 0.25) is 0 Å². The second kappa shape index (κ2) is 5.68. The molecular formula is C8H5F9O3. The highest BCUT2D eigenvalue weighted by Crippen LogP contribution is 2.36. The molecule has 0 aromatic rings. The van der Waals surface area contributed by atoms with Gasteiger partial charge < -0.3 is 14.2 Å². The Balaban J connectivity index is 2.92. The topological polar surface area (TPSA) is 27.7 Å². The van der Waals surface area contributed by atoms with Gasteiger partial charge in [0.15, 0.2) is 6.10 Å². The van der Waals surface area contributed by atoms with E-state index in [4.69, 9.17) is 0 Å². The van der Waals surface area contributed by atoms with E-state index in [1.165, 1.54) is 0 Å². The van der Waals surface area contributed by atoms with Gasteiger partial charge in [-0.25, -0.2) is 0 Å². The van der Waals surface area contributed by atoms with Crippen molar-refractivity contribution in [3.8, 4) is 0 Å². The van der Waals surface area contributed by atoms with Crippen LogP contribution in [0.4, 0.5) is 39.5 Å². The second-order valence-corrected chi connectivity index (χ2v) is 3.48. The molecule has 1 saturated heterocycles. The Bertz CT molecular complexity index is 370. The van der Waals surface area contributed by atoms with Crippen molar-refractivity contribution in [3.05, 3.63) is 12.1 Å². The lowest BCUT2D eigenvalue weighted by Gasteiger charge is -2.36. The molecule has 0 radical (unpaired) electrons. The van der Waals surface area contributed by atoms with E-state index in [0.29, 0.717) is 0 Å². The van der Waals surface area contributed by atoms with Crippen LogP contribution in [0, 0.1) is 0 Å². The summed E-state index contributed by atoms with van der Waals surface area (Å²) in [6.45, 7) is -1.53. The maximum Gasteiger partial charge on any atom is 0.420 e. The first-order chi connectivity index (χ1) is 8.93. The summed E-state index contributed by atoms with van der Waals surface area (Å²) < 4.78 is 121. The maximum atomic E-state index is 12.4. The Morgan fingerprint density at radius 3 is 1.90 bits per heavy atom. The lowest BCUT2D eigenvalue weighted by atomic mass is 10.2. The van der Waals surface area contributed by atoms with Crippen LogP contribution in [0.3, 0.4) is 0 Å². The number of hydrogen-bond acceptors (Lipinski definition) is 3. The lowest BCUT2D eigenvalue weighted by Crippen LogP contribution is -2.55. The van der Waals surface area contributed by atoms with Crippen molar-refractivity contribution in [2.24, 2.45) is 0 Å². The van der Waals surface area contributed by atoms with Gasteiger partial charge in [-0.15, -0.1) is 0 Å². The SMILES string of the molecule is FC(F)=C(F)OC1OC(C(F)(F)F)COC1C(F)(F)F. The molecule has 3 atom stereocenters. The minimum absolute atomic E-state index is 1.53. The van der Waals surface area contributed by atoms with Gasteiger partial charge in [0, 0.05) is 0 Å². The van der Waals surface area contributed by atoms with Crippen molar-refractivity contribution in [3.63, 3.8) is 0 Å². The third kappa shape index (κ3) is 4.16. The van der Waals surface area contributed by atoms with Crippen LogP contribution in [0.15, 0.2) is 12.1 Å². The first kappa shape index (κ1) is 16.9. The van der Waals surface area contributed by atoms with Gasteiger partial charge in [0.1, 0.15) is 0 Å². The number of hydrogen-bond donors (Lipinski definition) is 0. The number of rotatable bonds is 2. The van der Waals surface area contributed by atoms with Crippen LogP contribution in [0.25, 0.3) is 0 Å². The monoisotopic (exact) mass is 320 g/mol. The average molecular weight is 320 g/mol. The quantitative estimate of drug-likeness (QED) is 0.577. The molecule has 1 aliphatic rings. The van der Waals surface area contributed by atoms with Gasteiger partial charge in [-0.1, -0.05) is 0 Å². The third-order valence-electron chi connectivity index (χ3n) is 2.03. The van der Waals surface area contributed by atoms with Gasteiger partial charge in [0.2, 0.25) is 12.4 Å². The van der Waals surface area contributed by atoms with Crippen LogP contribution < -0.4 is 0 Å². The maximum absolute atomic E-state index is 12.4. The van der Waals surface area contributed by atoms with Gasteiger partial charge >= 0.3 is 24.4 Å². The molecule has 0 bridgehead atoms. The Kier molecular flexibility index (Phi) is 4.79. The largest absolute Gasteiger partial charge is 0.434 e. The van der Waals surface area contributed by atoms with Crippen LogP contribution in [0.1, 0.15) is 0 Å². The minimum Gasteiger partial charge on any atom is -0.434 e. The van der Waals surface area contributed by atoms with Crippen molar-refractivity contribution >= 4 is 0 Å². The third-order valence-corrected chi connectivity index (χ3v) is 2.03. The summed E-state index contributed by atoms with van der Waals surface area (Å²) in [5.74, 6) is 0. The Morgan fingerprint density at radius 2 is 1.50 bits per heavy atom. The van der Waals surface area contributed by atoms with Crippen molar-refractivity contribution in [2.45, 2.75) is 30.9 Å². The van der Waals surface area contributed by atoms with Crippen LogP contribution in [-0.2, 0) is 14.2 Å². The van der Waals surface area contributed by atoms with E-state index in [1.54, 1.807) is 0 Å². The zero-order valence-electron chi connectivity index (χ0n) is 9.07. The molecule has 20 heavy (non-hydrogen) atoms. The van der Waals surface area contributed by atoms with Crippen molar-refractivity contribution in [2.75, 3.05) is 6.61 Å². The standard InChI is InChI=1S/C8H5F9O3/c9-4(10)5(11)20-6-3(8(15,16)17)18-1-2(19-6)7(12,13)14/h2-3,6H,1H2. The molecule has 3 unspecified atom stereocenters. The van der Waals surface area contributed by atoms with Gasteiger partial charge in [-0.05, 0) is 0 Å². The smallest absolute Gasteiger partial charge is 0.420 e. The normalized spacial score (nSPS) is 28.1. The lowest BCUT2D eigenvalue weighted by molar-refractivity contribution is -0.376. The van der Waals surface area contributed by atoms with E-state index in [2.05, 4.69) is 14.2 Å². The predicted octanol–water partition coefficient (Wildman–Crippen LogP) is 3.27.